The van der Waals surface area contributed by atoms with Crippen LogP contribution in [0.2, 0.25) is 0 Å². The predicted octanol–water partition coefficient (Wildman–Crippen LogP) is 1.56. The molecule has 1 aliphatic heterocycles. The van der Waals surface area contributed by atoms with Crippen LogP contribution in [0.4, 0.5) is 0 Å². The molecule has 0 saturated heterocycles. The molecule has 2 aromatic rings. The Balaban J connectivity index is 1.50. The van der Waals surface area contributed by atoms with Gasteiger partial charge >= 0.3 is 0 Å². The lowest BCUT2D eigenvalue weighted by Crippen LogP contribution is -2.37. The number of para-hydroxylation sites is 1. The van der Waals surface area contributed by atoms with Crippen LogP contribution in [0, 0.1) is 0 Å². The SMILES string of the molecule is CNC(=O)c1ccc(CNC(=O)CN2CCOc3ccccc3C2)cc1. The molecule has 0 aliphatic carbocycles. The van der Waals surface area contributed by atoms with Crippen molar-refractivity contribution in [3.8, 4) is 5.75 Å². The highest BCUT2D eigenvalue weighted by molar-refractivity contribution is 5.93. The predicted molar refractivity (Wildman–Crippen MR) is 98.9 cm³/mol. The van der Waals surface area contributed by atoms with Crippen molar-refractivity contribution < 1.29 is 14.3 Å². The quantitative estimate of drug-likeness (QED) is 0.856. The Bertz CT molecular complexity index is 774. The van der Waals surface area contributed by atoms with Crippen molar-refractivity contribution in [1.82, 2.24) is 15.5 Å². The molecule has 6 heteroatoms. The minimum Gasteiger partial charge on any atom is -0.492 e. The molecule has 0 fully saturated rings. The lowest BCUT2D eigenvalue weighted by atomic mass is 10.1. The molecule has 26 heavy (non-hydrogen) atoms. The zero-order valence-corrected chi connectivity index (χ0v) is 14.8. The second-order valence-corrected chi connectivity index (χ2v) is 6.22. The highest BCUT2D eigenvalue weighted by Gasteiger charge is 2.17. The van der Waals surface area contributed by atoms with Gasteiger partial charge in [0.1, 0.15) is 12.4 Å². The van der Waals surface area contributed by atoms with E-state index in [4.69, 9.17) is 4.74 Å². The van der Waals surface area contributed by atoms with Gasteiger partial charge in [-0.3, -0.25) is 14.5 Å². The molecule has 0 bridgehead atoms. The summed E-state index contributed by atoms with van der Waals surface area (Å²) in [5, 5.41) is 5.52. The van der Waals surface area contributed by atoms with Crippen LogP contribution in [-0.4, -0.2) is 43.5 Å². The van der Waals surface area contributed by atoms with E-state index in [1.807, 2.05) is 36.4 Å². The van der Waals surface area contributed by atoms with Crippen molar-refractivity contribution in [2.45, 2.75) is 13.1 Å². The Hall–Kier alpha value is -2.86. The van der Waals surface area contributed by atoms with Gasteiger partial charge in [0.25, 0.3) is 5.91 Å². The molecule has 1 aliphatic rings. The molecule has 0 atom stereocenters. The molecule has 0 saturated carbocycles. The van der Waals surface area contributed by atoms with E-state index in [1.165, 1.54) is 0 Å². The van der Waals surface area contributed by atoms with Crippen molar-refractivity contribution in [3.63, 3.8) is 0 Å². The van der Waals surface area contributed by atoms with Crippen LogP contribution >= 0.6 is 0 Å². The minimum absolute atomic E-state index is 0.0280. The third kappa shape index (κ3) is 4.61. The van der Waals surface area contributed by atoms with Gasteiger partial charge in [-0.15, -0.1) is 0 Å². The third-order valence-corrected chi connectivity index (χ3v) is 4.33. The highest BCUT2D eigenvalue weighted by atomic mass is 16.5. The average molecular weight is 353 g/mol. The molecule has 0 radical (unpaired) electrons. The van der Waals surface area contributed by atoms with Crippen molar-refractivity contribution in [3.05, 3.63) is 65.2 Å². The first kappa shape index (κ1) is 17.9. The number of fused-ring (bicyclic) bond motifs is 1. The van der Waals surface area contributed by atoms with Gasteiger partial charge in [0.2, 0.25) is 5.91 Å². The zero-order chi connectivity index (χ0) is 18.4. The number of nitrogens with zero attached hydrogens (tertiary/aromatic N) is 1. The molecular formula is C20H23N3O3. The molecule has 0 unspecified atom stereocenters. The summed E-state index contributed by atoms with van der Waals surface area (Å²) >= 11 is 0. The van der Waals surface area contributed by atoms with E-state index in [-0.39, 0.29) is 11.8 Å². The summed E-state index contributed by atoms with van der Waals surface area (Å²) in [5.74, 6) is 0.746. The van der Waals surface area contributed by atoms with E-state index in [1.54, 1.807) is 19.2 Å². The maximum atomic E-state index is 12.3. The maximum Gasteiger partial charge on any atom is 0.251 e. The van der Waals surface area contributed by atoms with Crippen LogP contribution < -0.4 is 15.4 Å². The second-order valence-electron chi connectivity index (χ2n) is 6.22. The van der Waals surface area contributed by atoms with E-state index in [2.05, 4.69) is 15.5 Å². The van der Waals surface area contributed by atoms with Gasteiger partial charge in [0.15, 0.2) is 0 Å². The van der Waals surface area contributed by atoms with Crippen LogP contribution in [0.25, 0.3) is 0 Å². The number of rotatable bonds is 5. The van der Waals surface area contributed by atoms with E-state index < -0.39 is 0 Å². The minimum atomic E-state index is -0.121. The Morgan fingerprint density at radius 3 is 2.65 bits per heavy atom. The van der Waals surface area contributed by atoms with Gasteiger partial charge in [-0.1, -0.05) is 30.3 Å². The number of nitrogens with one attached hydrogen (secondary N) is 2. The first-order valence-corrected chi connectivity index (χ1v) is 8.66. The van der Waals surface area contributed by atoms with Gasteiger partial charge in [0, 0.05) is 37.8 Å². The molecule has 3 rings (SSSR count). The lowest BCUT2D eigenvalue weighted by Gasteiger charge is -2.18. The van der Waals surface area contributed by atoms with Gasteiger partial charge in [-0.25, -0.2) is 0 Å². The molecular weight excluding hydrogens is 330 g/mol. The molecule has 6 nitrogen and oxygen atoms in total. The average Bonchev–Trinajstić information content (AvgIpc) is 2.87. The highest BCUT2D eigenvalue weighted by Crippen LogP contribution is 2.22. The topological polar surface area (TPSA) is 70.7 Å². The van der Waals surface area contributed by atoms with Gasteiger partial charge in [-0.05, 0) is 23.8 Å². The molecule has 2 amide bonds. The summed E-state index contributed by atoms with van der Waals surface area (Å²) < 4.78 is 5.72. The van der Waals surface area contributed by atoms with Crippen LogP contribution in [0.3, 0.4) is 0 Å². The largest absolute Gasteiger partial charge is 0.492 e. The smallest absolute Gasteiger partial charge is 0.251 e. The number of hydrogen-bond acceptors (Lipinski definition) is 4. The molecule has 0 aromatic heterocycles. The summed E-state index contributed by atoms with van der Waals surface area (Å²) in [5.41, 5.74) is 2.66. The van der Waals surface area contributed by atoms with Gasteiger partial charge in [-0.2, -0.15) is 0 Å². The van der Waals surface area contributed by atoms with Crippen molar-refractivity contribution in [2.24, 2.45) is 0 Å². The van der Waals surface area contributed by atoms with Crippen LogP contribution in [0.1, 0.15) is 21.5 Å². The van der Waals surface area contributed by atoms with E-state index >= 15 is 0 Å². The number of carbonyl (C=O) groups is 2. The maximum absolute atomic E-state index is 12.3. The van der Waals surface area contributed by atoms with E-state index in [0.717, 1.165) is 16.9 Å². The molecule has 2 aromatic carbocycles. The van der Waals surface area contributed by atoms with Crippen LogP contribution in [-0.2, 0) is 17.9 Å². The second kappa shape index (κ2) is 8.49. The Morgan fingerprint density at radius 2 is 1.88 bits per heavy atom. The standard InChI is InChI=1S/C20H23N3O3/c1-21-20(25)16-8-6-15(7-9-16)12-22-19(24)14-23-10-11-26-18-5-3-2-4-17(18)13-23/h2-9H,10-14H2,1H3,(H,21,25)(H,22,24). The van der Waals surface area contributed by atoms with Crippen LogP contribution in [0.5, 0.6) is 5.75 Å². The Labute approximate surface area is 153 Å². The first-order chi connectivity index (χ1) is 12.7. The fraction of sp³-hybridized carbons (Fsp3) is 0.300. The van der Waals surface area contributed by atoms with E-state index in [0.29, 0.717) is 38.3 Å². The summed E-state index contributed by atoms with van der Waals surface area (Å²) in [6.07, 6.45) is 0. The molecule has 136 valence electrons. The fourth-order valence-corrected chi connectivity index (χ4v) is 2.89. The number of benzene rings is 2. The van der Waals surface area contributed by atoms with Crippen molar-refractivity contribution in [1.29, 1.82) is 0 Å². The first-order valence-electron chi connectivity index (χ1n) is 8.66. The third-order valence-electron chi connectivity index (χ3n) is 4.33. The molecule has 0 spiro atoms. The Morgan fingerprint density at radius 1 is 1.12 bits per heavy atom. The van der Waals surface area contributed by atoms with Gasteiger partial charge < -0.3 is 15.4 Å². The summed E-state index contributed by atoms with van der Waals surface area (Å²) in [7, 11) is 1.60. The van der Waals surface area contributed by atoms with Crippen molar-refractivity contribution in [2.75, 3.05) is 26.7 Å². The van der Waals surface area contributed by atoms with Gasteiger partial charge in [0.05, 0.1) is 6.54 Å². The summed E-state index contributed by atoms with van der Waals surface area (Å²) in [6, 6.07) is 15.1. The van der Waals surface area contributed by atoms with E-state index in [9.17, 15) is 9.59 Å². The fourth-order valence-electron chi connectivity index (χ4n) is 2.89. The molecule has 1 heterocycles. The number of hydrogen-bond donors (Lipinski definition) is 2. The van der Waals surface area contributed by atoms with Crippen molar-refractivity contribution >= 4 is 11.8 Å². The monoisotopic (exact) mass is 353 g/mol. The van der Waals surface area contributed by atoms with Crippen LogP contribution in [0.15, 0.2) is 48.5 Å². The zero-order valence-electron chi connectivity index (χ0n) is 14.8. The summed E-state index contributed by atoms with van der Waals surface area (Å²) in [6.45, 7) is 2.75. The Kier molecular flexibility index (Phi) is 5.86. The lowest BCUT2D eigenvalue weighted by molar-refractivity contribution is -0.122. The number of amides is 2. The summed E-state index contributed by atoms with van der Waals surface area (Å²) in [4.78, 5) is 25.9. The number of carbonyl (C=O) groups excluding carboxylic acids is 2. The molecule has 2 N–H and O–H groups in total. The number of ether oxygens (including phenoxy) is 1. The normalized spacial score (nSPS) is 13.9.